The summed E-state index contributed by atoms with van der Waals surface area (Å²) < 4.78 is 0. The normalized spacial score (nSPS) is 38.5. The number of carbonyl (C=O) groups is 2. The number of nitrogens with one attached hydrogen (secondary N) is 1. The molecule has 1 saturated heterocycles. The van der Waals surface area contributed by atoms with Gasteiger partial charge >= 0.3 is 12.0 Å². The maximum Gasteiger partial charge on any atom is 0.317 e. The van der Waals surface area contributed by atoms with Gasteiger partial charge in [0.05, 0.1) is 5.41 Å². The molecule has 1 heterocycles. The Kier molecular flexibility index (Phi) is 3.84. The van der Waals surface area contributed by atoms with E-state index < -0.39 is 11.4 Å². The third kappa shape index (κ3) is 2.40. The Morgan fingerprint density at radius 2 is 2.10 bits per heavy atom. The molecular weight excluding hydrogens is 268 g/mol. The van der Waals surface area contributed by atoms with Gasteiger partial charge in [-0.2, -0.15) is 0 Å². The molecule has 5 nitrogen and oxygen atoms in total. The van der Waals surface area contributed by atoms with Gasteiger partial charge in [0.25, 0.3) is 0 Å². The molecule has 0 spiro atoms. The fraction of sp³-hybridized carbons (Fsp3) is 0.875. The molecule has 0 radical (unpaired) electrons. The van der Waals surface area contributed by atoms with E-state index in [-0.39, 0.29) is 18.0 Å². The summed E-state index contributed by atoms with van der Waals surface area (Å²) in [5.41, 5.74) is -0.669. The average Bonchev–Trinajstić information content (AvgIpc) is 3.10. The highest BCUT2D eigenvalue weighted by Gasteiger charge is 2.56. The number of likely N-dealkylation sites (tertiary alicyclic amines) is 1. The summed E-state index contributed by atoms with van der Waals surface area (Å²) >= 11 is 0. The summed E-state index contributed by atoms with van der Waals surface area (Å²) in [5.74, 6) is 0.0170. The van der Waals surface area contributed by atoms with Crippen molar-refractivity contribution in [3.8, 4) is 0 Å². The SMILES string of the molecule is CCC1CCCC1NC(=O)N1C[C@@H]2CCC[C@@]2(C(=O)O)C1. The van der Waals surface area contributed by atoms with E-state index in [2.05, 4.69) is 12.2 Å². The van der Waals surface area contributed by atoms with E-state index in [1.807, 2.05) is 0 Å². The largest absolute Gasteiger partial charge is 0.481 e. The molecule has 1 aliphatic heterocycles. The van der Waals surface area contributed by atoms with Crippen LogP contribution in [0.15, 0.2) is 0 Å². The summed E-state index contributed by atoms with van der Waals surface area (Å²) in [5, 5.41) is 12.7. The zero-order valence-electron chi connectivity index (χ0n) is 12.8. The van der Waals surface area contributed by atoms with Crippen LogP contribution in [-0.4, -0.2) is 41.1 Å². The summed E-state index contributed by atoms with van der Waals surface area (Å²) in [7, 11) is 0. The third-order valence-electron chi connectivity index (χ3n) is 6.08. The highest BCUT2D eigenvalue weighted by molar-refractivity contribution is 5.80. The third-order valence-corrected chi connectivity index (χ3v) is 6.08. The second-order valence-electron chi connectivity index (χ2n) is 7.09. The number of urea groups is 1. The molecule has 21 heavy (non-hydrogen) atoms. The first-order valence-electron chi connectivity index (χ1n) is 8.35. The Bertz CT molecular complexity index is 439. The molecule has 0 aromatic carbocycles. The van der Waals surface area contributed by atoms with Crippen LogP contribution in [0.5, 0.6) is 0 Å². The quantitative estimate of drug-likeness (QED) is 0.840. The van der Waals surface area contributed by atoms with E-state index in [0.717, 1.165) is 32.1 Å². The van der Waals surface area contributed by atoms with Crippen molar-refractivity contribution in [3.05, 3.63) is 0 Å². The number of aliphatic carboxylic acids is 1. The molecule has 4 atom stereocenters. The summed E-state index contributed by atoms with van der Waals surface area (Å²) in [6.07, 6.45) is 7.19. The standard InChI is InChI=1S/C16H26N2O3/c1-2-11-5-3-7-13(11)17-15(21)18-9-12-6-4-8-16(12,10-18)14(19)20/h11-13H,2-10H2,1H3,(H,17,21)(H,19,20)/t11?,12-,13?,16+/m0/s1. The van der Waals surface area contributed by atoms with Gasteiger partial charge in [-0.05, 0) is 37.5 Å². The Labute approximate surface area is 126 Å². The minimum absolute atomic E-state index is 0.0459. The van der Waals surface area contributed by atoms with Gasteiger partial charge in [0.1, 0.15) is 0 Å². The van der Waals surface area contributed by atoms with Crippen molar-refractivity contribution in [2.45, 2.75) is 57.9 Å². The molecule has 5 heteroatoms. The maximum absolute atomic E-state index is 12.5. The second kappa shape index (κ2) is 5.50. The van der Waals surface area contributed by atoms with E-state index in [1.165, 1.54) is 12.8 Å². The van der Waals surface area contributed by atoms with Crippen molar-refractivity contribution in [2.75, 3.05) is 13.1 Å². The molecule has 118 valence electrons. The number of rotatable bonds is 3. The molecule has 3 rings (SSSR count). The van der Waals surface area contributed by atoms with E-state index >= 15 is 0 Å². The van der Waals surface area contributed by atoms with Crippen LogP contribution in [-0.2, 0) is 4.79 Å². The highest BCUT2D eigenvalue weighted by atomic mass is 16.4. The van der Waals surface area contributed by atoms with Crippen molar-refractivity contribution in [3.63, 3.8) is 0 Å². The van der Waals surface area contributed by atoms with Crippen LogP contribution in [0, 0.1) is 17.3 Å². The Morgan fingerprint density at radius 1 is 1.29 bits per heavy atom. The van der Waals surface area contributed by atoms with Crippen molar-refractivity contribution in [1.29, 1.82) is 0 Å². The van der Waals surface area contributed by atoms with Gasteiger partial charge in [-0.3, -0.25) is 4.79 Å². The van der Waals surface area contributed by atoms with E-state index in [9.17, 15) is 14.7 Å². The lowest BCUT2D eigenvalue weighted by atomic mass is 9.81. The average molecular weight is 294 g/mol. The lowest BCUT2D eigenvalue weighted by Gasteiger charge is -2.26. The minimum Gasteiger partial charge on any atom is -0.481 e. The monoisotopic (exact) mass is 294 g/mol. The second-order valence-corrected chi connectivity index (χ2v) is 7.09. The van der Waals surface area contributed by atoms with Crippen molar-refractivity contribution < 1.29 is 14.7 Å². The topological polar surface area (TPSA) is 69.6 Å². The van der Waals surface area contributed by atoms with Gasteiger partial charge in [-0.15, -0.1) is 0 Å². The lowest BCUT2D eigenvalue weighted by molar-refractivity contribution is -0.149. The fourth-order valence-corrected chi connectivity index (χ4v) is 4.76. The Hall–Kier alpha value is -1.26. The molecule has 3 fully saturated rings. The molecular formula is C16H26N2O3. The summed E-state index contributed by atoms with van der Waals surface area (Å²) in [6.45, 7) is 3.18. The number of carboxylic acid groups (broad SMARTS) is 1. The number of nitrogens with zero attached hydrogens (tertiary/aromatic N) is 1. The van der Waals surface area contributed by atoms with Crippen LogP contribution in [0.1, 0.15) is 51.9 Å². The maximum atomic E-state index is 12.5. The zero-order valence-corrected chi connectivity index (χ0v) is 12.8. The highest BCUT2D eigenvalue weighted by Crippen LogP contribution is 2.48. The summed E-state index contributed by atoms with van der Waals surface area (Å²) in [6, 6.07) is 0.235. The molecule has 0 bridgehead atoms. The molecule has 2 amide bonds. The van der Waals surface area contributed by atoms with Crippen molar-refractivity contribution in [2.24, 2.45) is 17.3 Å². The van der Waals surface area contributed by atoms with Crippen LogP contribution in [0.2, 0.25) is 0 Å². The first kappa shape index (κ1) is 14.7. The number of carboxylic acids is 1. The number of carbonyl (C=O) groups excluding carboxylic acids is 1. The minimum atomic E-state index is -0.715. The zero-order chi connectivity index (χ0) is 15.0. The number of hydrogen-bond donors (Lipinski definition) is 2. The smallest absolute Gasteiger partial charge is 0.317 e. The van der Waals surface area contributed by atoms with E-state index in [0.29, 0.717) is 19.0 Å². The molecule has 2 N–H and O–H groups in total. The number of hydrogen-bond acceptors (Lipinski definition) is 2. The molecule has 3 aliphatic rings. The van der Waals surface area contributed by atoms with E-state index in [4.69, 9.17) is 0 Å². The van der Waals surface area contributed by atoms with Crippen molar-refractivity contribution >= 4 is 12.0 Å². The molecule has 2 unspecified atom stereocenters. The number of fused-ring (bicyclic) bond motifs is 1. The first-order valence-corrected chi connectivity index (χ1v) is 8.35. The summed E-state index contributed by atoms with van der Waals surface area (Å²) in [4.78, 5) is 25.9. The van der Waals surface area contributed by atoms with E-state index in [1.54, 1.807) is 4.90 Å². The van der Waals surface area contributed by atoms with Crippen molar-refractivity contribution in [1.82, 2.24) is 10.2 Å². The van der Waals surface area contributed by atoms with Crippen LogP contribution in [0.25, 0.3) is 0 Å². The van der Waals surface area contributed by atoms with Gasteiger partial charge < -0.3 is 15.3 Å². The van der Waals surface area contributed by atoms with Crippen LogP contribution in [0.3, 0.4) is 0 Å². The predicted molar refractivity (Wildman–Crippen MR) is 78.9 cm³/mol. The van der Waals surface area contributed by atoms with Gasteiger partial charge in [0, 0.05) is 19.1 Å². The van der Waals surface area contributed by atoms with Crippen LogP contribution < -0.4 is 5.32 Å². The molecule has 0 aromatic heterocycles. The predicted octanol–water partition coefficient (Wildman–Crippen LogP) is 2.46. The van der Waals surface area contributed by atoms with Crippen LogP contribution >= 0.6 is 0 Å². The lowest BCUT2D eigenvalue weighted by Crippen LogP contribution is -2.46. The van der Waals surface area contributed by atoms with Gasteiger partial charge in [-0.1, -0.05) is 26.2 Å². The Morgan fingerprint density at radius 3 is 2.76 bits per heavy atom. The number of amides is 2. The van der Waals surface area contributed by atoms with Gasteiger partial charge in [-0.25, -0.2) is 4.79 Å². The first-order chi connectivity index (χ1) is 10.1. The fourth-order valence-electron chi connectivity index (χ4n) is 4.76. The molecule has 2 saturated carbocycles. The van der Waals surface area contributed by atoms with Crippen LogP contribution in [0.4, 0.5) is 4.79 Å². The molecule has 0 aromatic rings. The molecule has 2 aliphatic carbocycles. The Balaban J connectivity index is 1.63. The van der Waals surface area contributed by atoms with Gasteiger partial charge in [0.2, 0.25) is 0 Å². The van der Waals surface area contributed by atoms with Gasteiger partial charge in [0.15, 0.2) is 0 Å².